The summed E-state index contributed by atoms with van der Waals surface area (Å²) in [6.07, 6.45) is 3.93. The average Bonchev–Trinajstić information content (AvgIpc) is 2.86. The van der Waals surface area contributed by atoms with Gasteiger partial charge in [-0.2, -0.15) is 0 Å². The molecule has 0 aliphatic carbocycles. The number of para-hydroxylation sites is 2. The number of benzene rings is 1. The number of hydrogen-bond donors (Lipinski definition) is 2. The number of aliphatic hydroxyl groups is 1. The van der Waals surface area contributed by atoms with Crippen molar-refractivity contribution < 1.29 is 14.3 Å². The van der Waals surface area contributed by atoms with E-state index in [4.69, 9.17) is 4.42 Å². The summed E-state index contributed by atoms with van der Waals surface area (Å²) in [5.74, 6) is 0.109. The maximum Gasteiger partial charge on any atom is 0.244 e. The van der Waals surface area contributed by atoms with Crippen molar-refractivity contribution in [2.75, 3.05) is 6.54 Å². The summed E-state index contributed by atoms with van der Waals surface area (Å²) >= 11 is 0. The largest absolute Gasteiger partial charge is 0.437 e. The van der Waals surface area contributed by atoms with E-state index in [1.807, 2.05) is 31.2 Å². The topological polar surface area (TPSA) is 75.4 Å². The molecule has 0 bridgehead atoms. The third-order valence-corrected chi connectivity index (χ3v) is 2.82. The molecule has 0 aliphatic rings. The van der Waals surface area contributed by atoms with E-state index in [1.165, 1.54) is 12.2 Å². The Kier molecular flexibility index (Phi) is 4.90. The van der Waals surface area contributed by atoms with Crippen molar-refractivity contribution in [3.63, 3.8) is 0 Å². The van der Waals surface area contributed by atoms with E-state index in [-0.39, 0.29) is 12.5 Å². The number of carbonyl (C=O) groups is 1. The van der Waals surface area contributed by atoms with Crippen LogP contribution >= 0.6 is 0 Å². The van der Waals surface area contributed by atoms with E-state index in [2.05, 4.69) is 10.3 Å². The molecule has 5 nitrogen and oxygen atoms in total. The SMILES string of the molecule is CCCC(O)CNC(=O)/C=C/c1nc2ccccc2o1. The van der Waals surface area contributed by atoms with Crippen LogP contribution in [0.25, 0.3) is 17.2 Å². The number of aliphatic hydroxyl groups excluding tert-OH is 1. The van der Waals surface area contributed by atoms with Gasteiger partial charge in [-0.05, 0) is 18.6 Å². The molecule has 5 heteroatoms. The van der Waals surface area contributed by atoms with Gasteiger partial charge in [-0.3, -0.25) is 4.79 Å². The minimum Gasteiger partial charge on any atom is -0.437 e. The van der Waals surface area contributed by atoms with Crippen LogP contribution in [-0.2, 0) is 4.79 Å². The highest BCUT2D eigenvalue weighted by molar-refractivity contribution is 5.91. The smallest absolute Gasteiger partial charge is 0.244 e. The number of nitrogens with one attached hydrogen (secondary N) is 1. The van der Waals surface area contributed by atoms with Gasteiger partial charge in [0.2, 0.25) is 11.8 Å². The zero-order valence-corrected chi connectivity index (χ0v) is 11.4. The molecule has 1 amide bonds. The van der Waals surface area contributed by atoms with Gasteiger partial charge in [0.05, 0.1) is 6.10 Å². The lowest BCUT2D eigenvalue weighted by Crippen LogP contribution is -2.30. The summed E-state index contributed by atoms with van der Waals surface area (Å²) in [7, 11) is 0. The molecule has 1 unspecified atom stereocenters. The van der Waals surface area contributed by atoms with Crippen molar-refractivity contribution in [2.45, 2.75) is 25.9 Å². The number of amides is 1. The fourth-order valence-electron chi connectivity index (χ4n) is 1.82. The van der Waals surface area contributed by atoms with Gasteiger partial charge < -0.3 is 14.8 Å². The Hall–Kier alpha value is -2.14. The lowest BCUT2D eigenvalue weighted by atomic mass is 10.2. The average molecular weight is 274 g/mol. The van der Waals surface area contributed by atoms with Crippen molar-refractivity contribution in [2.24, 2.45) is 0 Å². The second-order valence-corrected chi connectivity index (χ2v) is 4.54. The van der Waals surface area contributed by atoms with Crippen LogP contribution in [0, 0.1) is 0 Å². The van der Waals surface area contributed by atoms with Gasteiger partial charge in [0.15, 0.2) is 5.58 Å². The first-order valence-electron chi connectivity index (χ1n) is 6.68. The van der Waals surface area contributed by atoms with Crippen LogP contribution in [0.4, 0.5) is 0 Å². The minimum atomic E-state index is -0.498. The van der Waals surface area contributed by atoms with Gasteiger partial charge >= 0.3 is 0 Å². The number of aromatic nitrogens is 1. The van der Waals surface area contributed by atoms with Crippen molar-refractivity contribution in [1.29, 1.82) is 0 Å². The molecule has 0 saturated heterocycles. The predicted molar refractivity (Wildman–Crippen MR) is 77.0 cm³/mol. The van der Waals surface area contributed by atoms with Crippen molar-refractivity contribution in [3.05, 3.63) is 36.2 Å². The summed E-state index contributed by atoms with van der Waals surface area (Å²) in [5, 5.41) is 12.1. The number of nitrogens with zero attached hydrogens (tertiary/aromatic N) is 1. The Balaban J connectivity index is 1.90. The lowest BCUT2D eigenvalue weighted by Gasteiger charge is -2.08. The van der Waals surface area contributed by atoms with Crippen LogP contribution in [-0.4, -0.2) is 28.6 Å². The van der Waals surface area contributed by atoms with Crippen LogP contribution < -0.4 is 5.32 Å². The van der Waals surface area contributed by atoms with E-state index >= 15 is 0 Å². The molecule has 0 spiro atoms. The van der Waals surface area contributed by atoms with Crippen LogP contribution in [0.15, 0.2) is 34.8 Å². The Morgan fingerprint density at radius 1 is 1.50 bits per heavy atom. The highest BCUT2D eigenvalue weighted by Gasteiger charge is 2.05. The molecule has 1 heterocycles. The third-order valence-electron chi connectivity index (χ3n) is 2.82. The van der Waals surface area contributed by atoms with Gasteiger partial charge in [-0.1, -0.05) is 25.5 Å². The lowest BCUT2D eigenvalue weighted by molar-refractivity contribution is -0.116. The summed E-state index contributed by atoms with van der Waals surface area (Å²) in [4.78, 5) is 15.8. The fourth-order valence-corrected chi connectivity index (χ4v) is 1.82. The molecule has 20 heavy (non-hydrogen) atoms. The molecule has 2 N–H and O–H groups in total. The molecular formula is C15H18N2O3. The highest BCUT2D eigenvalue weighted by Crippen LogP contribution is 2.15. The zero-order chi connectivity index (χ0) is 14.4. The number of hydrogen-bond acceptors (Lipinski definition) is 4. The number of carbonyl (C=O) groups excluding carboxylic acids is 1. The summed E-state index contributed by atoms with van der Waals surface area (Å²) in [6.45, 7) is 2.24. The van der Waals surface area contributed by atoms with Gasteiger partial charge in [0.25, 0.3) is 0 Å². The molecule has 0 aliphatic heterocycles. The number of rotatable bonds is 6. The standard InChI is InChI=1S/C15H18N2O3/c1-2-5-11(18)10-16-14(19)8-9-15-17-12-6-3-4-7-13(12)20-15/h3-4,6-9,11,18H,2,5,10H2,1H3,(H,16,19)/b9-8+. The van der Waals surface area contributed by atoms with E-state index in [1.54, 1.807) is 0 Å². The van der Waals surface area contributed by atoms with Crippen LogP contribution in [0.2, 0.25) is 0 Å². The molecule has 0 fully saturated rings. The first-order valence-corrected chi connectivity index (χ1v) is 6.68. The van der Waals surface area contributed by atoms with Crippen LogP contribution in [0.1, 0.15) is 25.7 Å². The van der Waals surface area contributed by atoms with E-state index < -0.39 is 6.10 Å². The molecule has 2 aromatic rings. The second-order valence-electron chi connectivity index (χ2n) is 4.54. The Morgan fingerprint density at radius 2 is 2.30 bits per heavy atom. The molecule has 1 aromatic carbocycles. The van der Waals surface area contributed by atoms with Gasteiger partial charge in [-0.25, -0.2) is 4.98 Å². The van der Waals surface area contributed by atoms with Crippen molar-refractivity contribution in [1.82, 2.24) is 10.3 Å². The third kappa shape index (κ3) is 3.93. The minimum absolute atomic E-state index is 0.255. The van der Waals surface area contributed by atoms with E-state index in [9.17, 15) is 9.90 Å². The van der Waals surface area contributed by atoms with Gasteiger partial charge in [0, 0.05) is 18.7 Å². The molecule has 1 atom stereocenters. The zero-order valence-electron chi connectivity index (χ0n) is 11.4. The molecule has 106 valence electrons. The van der Waals surface area contributed by atoms with Gasteiger partial charge in [-0.15, -0.1) is 0 Å². The summed E-state index contributed by atoms with van der Waals surface area (Å²) < 4.78 is 5.46. The Morgan fingerprint density at radius 3 is 3.05 bits per heavy atom. The quantitative estimate of drug-likeness (QED) is 0.791. The summed E-state index contributed by atoms with van der Waals surface area (Å²) in [5.41, 5.74) is 1.44. The maximum absolute atomic E-state index is 11.6. The molecule has 1 aromatic heterocycles. The second kappa shape index (κ2) is 6.86. The molecular weight excluding hydrogens is 256 g/mol. The maximum atomic E-state index is 11.6. The van der Waals surface area contributed by atoms with Crippen molar-refractivity contribution in [3.8, 4) is 0 Å². The monoisotopic (exact) mass is 274 g/mol. The molecule has 0 radical (unpaired) electrons. The van der Waals surface area contributed by atoms with Crippen LogP contribution in [0.3, 0.4) is 0 Å². The highest BCUT2D eigenvalue weighted by atomic mass is 16.3. The predicted octanol–water partition coefficient (Wildman–Crippen LogP) is 2.12. The normalized spacial score (nSPS) is 12.9. The fraction of sp³-hybridized carbons (Fsp3) is 0.333. The van der Waals surface area contributed by atoms with Gasteiger partial charge in [0.1, 0.15) is 5.52 Å². The molecule has 2 rings (SSSR count). The number of fused-ring (bicyclic) bond motifs is 1. The first kappa shape index (κ1) is 14.3. The Labute approximate surface area is 117 Å². The summed E-state index contributed by atoms with van der Waals surface area (Å²) in [6, 6.07) is 7.40. The Bertz CT molecular complexity index is 571. The molecule has 0 saturated carbocycles. The van der Waals surface area contributed by atoms with Crippen molar-refractivity contribution >= 4 is 23.1 Å². The number of oxazole rings is 1. The van der Waals surface area contributed by atoms with Crippen LogP contribution in [0.5, 0.6) is 0 Å². The van der Waals surface area contributed by atoms with E-state index in [0.29, 0.717) is 17.9 Å². The van der Waals surface area contributed by atoms with E-state index in [0.717, 1.165) is 11.9 Å². The first-order chi connectivity index (χ1) is 9.69.